The number of furan rings is 1. The van der Waals surface area contributed by atoms with Crippen LogP contribution in [0.1, 0.15) is 410 Å². The van der Waals surface area contributed by atoms with Gasteiger partial charge in [0.1, 0.15) is 5.76 Å². The highest BCUT2D eigenvalue weighted by atomic mass is 16.3. The lowest BCUT2D eigenvalue weighted by atomic mass is 9.78. The number of pyridine rings is 1. The zero-order valence-corrected chi connectivity index (χ0v) is 84.0. The molecule has 121 heavy (non-hydrogen) atoms. The third-order valence-corrected chi connectivity index (χ3v) is 22.7. The van der Waals surface area contributed by atoms with E-state index >= 15 is 0 Å². The van der Waals surface area contributed by atoms with Gasteiger partial charge in [-0.15, -0.1) is 30.7 Å². The van der Waals surface area contributed by atoms with E-state index in [1.165, 1.54) is 156 Å². The van der Waals surface area contributed by atoms with E-state index < -0.39 is 0 Å². The topological polar surface area (TPSA) is 43.9 Å². The minimum absolute atomic E-state index is 0.519. The molecule has 6 fully saturated rings. The number of benzene rings is 4. The predicted octanol–water partition coefficient (Wildman–Crippen LogP) is 37.6. The van der Waals surface area contributed by atoms with E-state index in [1.54, 1.807) is 6.26 Å². The van der Waals surface area contributed by atoms with Crippen LogP contribution in [-0.2, 0) is 7.05 Å². The fourth-order valence-electron chi connectivity index (χ4n) is 13.2. The summed E-state index contributed by atoms with van der Waals surface area (Å²) in [6.45, 7) is 72.9. The molecule has 0 bridgehead atoms. The van der Waals surface area contributed by atoms with Gasteiger partial charge in [0.05, 0.1) is 12.0 Å². The number of rotatable bonds is 12. The Bertz CT molecular complexity index is 3200. The lowest BCUT2D eigenvalue weighted by molar-refractivity contribution is 0.235. The van der Waals surface area contributed by atoms with Gasteiger partial charge >= 0.3 is 0 Å². The molecule has 6 saturated carbocycles. The van der Waals surface area contributed by atoms with Gasteiger partial charge in [0.15, 0.2) is 0 Å². The summed E-state index contributed by atoms with van der Waals surface area (Å²) in [7, 11) is 1.94. The number of allylic oxidation sites excluding steroid dienone is 9. The first-order valence-electron chi connectivity index (χ1n) is 48.8. The monoisotopic (exact) mass is 1650 g/mol. The van der Waals surface area contributed by atoms with Crippen LogP contribution in [0.2, 0.25) is 0 Å². The molecule has 8 aliphatic rings. The quantitative estimate of drug-likeness (QED) is 0.115. The summed E-state index contributed by atoms with van der Waals surface area (Å²) in [4.78, 5) is 4.18. The molecule has 0 N–H and O–H groups in total. The molecule has 7 aromatic rings. The van der Waals surface area contributed by atoms with Crippen LogP contribution < -0.4 is 0 Å². The lowest BCUT2D eigenvalue weighted by Gasteiger charge is -2.28. The second kappa shape index (κ2) is 74.5. The molecule has 4 heteroatoms. The Morgan fingerprint density at radius 2 is 0.727 bits per heavy atom. The zero-order valence-electron chi connectivity index (χ0n) is 84.0. The van der Waals surface area contributed by atoms with E-state index in [1.807, 2.05) is 143 Å². The minimum Gasteiger partial charge on any atom is -0.469 e. The zero-order chi connectivity index (χ0) is 91.3. The molecule has 4 nitrogen and oxygen atoms in total. The molecule has 8 aliphatic carbocycles. The molecular weight excluding hydrogens is 1460 g/mol. The Morgan fingerprint density at radius 3 is 0.884 bits per heavy atom. The van der Waals surface area contributed by atoms with Crippen LogP contribution in [0.3, 0.4) is 0 Å². The lowest BCUT2D eigenvalue weighted by Crippen LogP contribution is -2.16. The van der Waals surface area contributed by atoms with Crippen LogP contribution in [0.15, 0.2) is 241 Å². The second-order valence-electron chi connectivity index (χ2n) is 37.4. The van der Waals surface area contributed by atoms with Crippen LogP contribution >= 0.6 is 0 Å². The molecule has 0 radical (unpaired) electrons. The molecule has 3 heterocycles. The summed E-state index contributed by atoms with van der Waals surface area (Å²) in [5.41, 5.74) is 10.5. The molecule has 0 atom stereocenters. The van der Waals surface area contributed by atoms with Gasteiger partial charge in [-0.2, -0.15) is 29.1 Å². The predicted molar refractivity (Wildman–Crippen MR) is 545 cm³/mol. The fourth-order valence-corrected chi connectivity index (χ4v) is 13.2. The Labute approximate surface area is 753 Å². The first-order valence-corrected chi connectivity index (χ1v) is 48.8. The van der Waals surface area contributed by atoms with E-state index in [4.69, 9.17) is 4.42 Å². The van der Waals surface area contributed by atoms with Gasteiger partial charge in [-0.25, -0.2) is 0 Å². The summed E-state index contributed by atoms with van der Waals surface area (Å²) < 4.78 is 6.92. The highest BCUT2D eigenvalue weighted by Gasteiger charge is 2.24. The molecule has 4 aromatic carbocycles. The number of aryl methyl sites for hydroxylation is 1. The van der Waals surface area contributed by atoms with E-state index in [0.29, 0.717) is 47.3 Å². The molecular formula is C117H190N3O-3. The van der Waals surface area contributed by atoms with E-state index in [2.05, 4.69) is 312 Å². The first-order chi connectivity index (χ1) is 57.7. The summed E-state index contributed by atoms with van der Waals surface area (Å²) >= 11 is 0. The molecule has 0 saturated heterocycles. The number of nitrogens with zero attached hydrogens (tertiary/aromatic N) is 3. The van der Waals surface area contributed by atoms with Crippen molar-refractivity contribution in [1.29, 1.82) is 0 Å². The molecule has 0 amide bonds. The van der Waals surface area contributed by atoms with E-state index in [9.17, 15) is 0 Å². The van der Waals surface area contributed by atoms with Gasteiger partial charge in [0, 0.05) is 31.1 Å². The Morgan fingerprint density at radius 1 is 0.364 bits per heavy atom. The van der Waals surface area contributed by atoms with Gasteiger partial charge in [0.25, 0.3) is 0 Å². The van der Waals surface area contributed by atoms with Crippen molar-refractivity contribution in [2.24, 2.45) is 72.1 Å². The van der Waals surface area contributed by atoms with Gasteiger partial charge in [-0.05, 0) is 166 Å². The number of hydrogen-bond acceptors (Lipinski definition) is 3. The van der Waals surface area contributed by atoms with Gasteiger partial charge < -0.3 is 18.3 Å². The summed E-state index contributed by atoms with van der Waals surface area (Å²) in [5.74, 6) is 15.8. The third-order valence-electron chi connectivity index (χ3n) is 22.7. The largest absolute Gasteiger partial charge is 0.469 e. The summed E-state index contributed by atoms with van der Waals surface area (Å²) in [6, 6.07) is 54.0. The standard InChI is InChI=1S/C9H18.4C9H12.C8H11N.C8H16.C8H12.C7H12N2.C7H10O.C7H14.C7H7.C6H12.C6H11.C4H7.2C2H6/c5*1-8(2)9-6-4-3-5-7-9;1-7(2)8-5-3-4-6-9-8;2*1-7(2)8-5-3-4-6-8;1-6(2)7-4-5-9(3)8-7;1-6(2)7-4-3-5-8-7;1-6(2)7-4-3-5-7;1-7-5-3-2-4-6-7;1-5(2)6-3-4-6;1-6-4-2-3-5-6;1-4-2-3-4;2*1-2/h8-9H,3-7H2,1-2H3;4*3-8H,1-2H3;3-7H,1-2H3;7-8H,3-6H2,1-2H3;3,5-7H,4H2,1-2H3;4-6H,1-3H3;3-6H,1-2H3;6-7H,3-5H2,1-2H3;2-6H,1H2;5-6H,3-4H2,1-2H3;6H,1-5H2;4H,1-3H2;2*1-2H3/q;;;;;;;;;;;-1;;2*-1;;. The van der Waals surface area contributed by atoms with Crippen LogP contribution in [0, 0.1) is 85.4 Å². The van der Waals surface area contributed by atoms with Crippen molar-refractivity contribution >= 4 is 0 Å². The molecule has 15 rings (SSSR count). The molecule has 682 valence electrons. The van der Waals surface area contributed by atoms with Gasteiger partial charge in [0.2, 0.25) is 0 Å². The fraction of sp³-hybridized carbons (Fsp3) is 0.581. The Kier molecular flexibility index (Phi) is 71.5. The van der Waals surface area contributed by atoms with Crippen molar-refractivity contribution < 1.29 is 4.42 Å². The van der Waals surface area contributed by atoms with Crippen molar-refractivity contribution in [2.45, 2.75) is 370 Å². The smallest absolute Gasteiger partial charge is 0.106 e. The van der Waals surface area contributed by atoms with Gasteiger partial charge in [-0.3, -0.25) is 9.67 Å². The highest BCUT2D eigenvalue weighted by molar-refractivity contribution is 5.36. The van der Waals surface area contributed by atoms with Crippen molar-refractivity contribution in [3.05, 3.63) is 296 Å². The molecule has 0 spiro atoms. The number of hydrogen-bond donors (Lipinski definition) is 0. The average molecular weight is 1650 g/mol. The van der Waals surface area contributed by atoms with E-state index in [0.717, 1.165) is 88.3 Å². The van der Waals surface area contributed by atoms with Crippen molar-refractivity contribution in [3.63, 3.8) is 0 Å². The highest BCUT2D eigenvalue weighted by Crippen LogP contribution is 2.36. The van der Waals surface area contributed by atoms with Crippen LogP contribution in [0.25, 0.3) is 0 Å². The third kappa shape index (κ3) is 65.4. The van der Waals surface area contributed by atoms with Crippen molar-refractivity contribution in [1.82, 2.24) is 14.8 Å². The van der Waals surface area contributed by atoms with Crippen molar-refractivity contribution in [2.75, 3.05) is 0 Å². The SMILES string of the molecule is C=C1C=CC=C[CH-]1.CC.CC.CC(C)C1=CCC=C1.CC(C)C1CC1.CC(C)C1CCC1.CC(C)C1CCCC1.CC(C)C1CCCCC1.CC(C)c1ccccc1.CC(C)c1ccccc1.CC(C)c1ccccc1.CC(C)c1ccccc1.CC(C)c1ccccn1.CC(C)c1ccco1.CC(C)c1ccn(C)n1.[CH2-]C1CC1.[CH2-]C1CCCC1. The average Bonchev–Trinajstić information content (AvgIpc) is 1.87. The maximum absolute atomic E-state index is 5.09. The second-order valence-corrected chi connectivity index (χ2v) is 37.4. The van der Waals surface area contributed by atoms with Crippen LogP contribution in [-0.4, -0.2) is 14.8 Å². The van der Waals surface area contributed by atoms with Crippen LogP contribution in [0.4, 0.5) is 0 Å². The summed E-state index contributed by atoms with van der Waals surface area (Å²) in [6.07, 6.45) is 52.5. The number of aromatic nitrogens is 3. The molecule has 0 aliphatic heterocycles. The van der Waals surface area contributed by atoms with Crippen molar-refractivity contribution in [3.8, 4) is 0 Å². The Hall–Kier alpha value is -6.91. The first kappa shape index (κ1) is 116. The maximum Gasteiger partial charge on any atom is 0.106 e. The maximum atomic E-state index is 5.09. The molecule has 3 aromatic heterocycles. The molecule has 0 unspecified atom stereocenters. The normalized spacial score (nSPS) is 15.3. The summed E-state index contributed by atoms with van der Waals surface area (Å²) in [5, 5.41) is 4.23. The Balaban J connectivity index is 0. The minimum atomic E-state index is 0.519. The van der Waals surface area contributed by atoms with Gasteiger partial charge in [-0.1, -0.05) is 455 Å². The van der Waals surface area contributed by atoms with E-state index in [-0.39, 0.29) is 0 Å². The van der Waals surface area contributed by atoms with Crippen LogP contribution in [0.5, 0.6) is 0 Å².